The van der Waals surface area contributed by atoms with Gasteiger partial charge >= 0.3 is 0 Å². The summed E-state index contributed by atoms with van der Waals surface area (Å²) in [5.41, 5.74) is 4.56. The second-order valence-corrected chi connectivity index (χ2v) is 22.5. The average molecular weight is 379 g/mol. The van der Waals surface area contributed by atoms with Crippen LogP contribution in [0.15, 0.2) is 0 Å². The lowest BCUT2D eigenvalue weighted by atomic mass is 9.89. The number of rotatable bonds is 3. The van der Waals surface area contributed by atoms with Crippen LogP contribution in [0, 0.1) is 35.5 Å². The van der Waals surface area contributed by atoms with Crippen molar-refractivity contribution in [2.45, 2.75) is 109 Å². The molecular weight excluding hydrogens is 332 g/mol. The topological polar surface area (TPSA) is 0 Å². The van der Waals surface area contributed by atoms with Crippen LogP contribution in [0.4, 0.5) is 0 Å². The smallest absolute Gasteiger partial charge is 0.0538 e. The van der Waals surface area contributed by atoms with Crippen LogP contribution in [-0.2, 0) is 0 Å². The second-order valence-electron chi connectivity index (χ2n) is 12.4. The molecule has 2 saturated carbocycles. The predicted octanol–water partition coefficient (Wildman–Crippen LogP) is 7.91. The molecule has 0 radical (unpaired) electrons. The van der Waals surface area contributed by atoms with E-state index in [1.54, 1.807) is 19.3 Å². The molecule has 1 saturated heterocycles. The molecule has 0 aromatic carbocycles. The van der Waals surface area contributed by atoms with E-state index in [9.17, 15) is 0 Å². The van der Waals surface area contributed by atoms with Gasteiger partial charge in [0.1, 0.15) is 0 Å². The van der Waals surface area contributed by atoms with Crippen LogP contribution in [0.1, 0.15) is 60.8 Å². The fourth-order valence-corrected chi connectivity index (χ4v) is 24.2. The van der Waals surface area contributed by atoms with Crippen molar-refractivity contribution < 1.29 is 0 Å². The van der Waals surface area contributed by atoms with Gasteiger partial charge in [-0.15, -0.1) is 0 Å². The molecule has 0 nitrogen and oxygen atoms in total. The molecule has 3 fully saturated rings. The zero-order valence-electron chi connectivity index (χ0n) is 18.9. The van der Waals surface area contributed by atoms with Crippen LogP contribution < -0.4 is 0 Å². The zero-order chi connectivity index (χ0) is 18.9. The maximum absolute atomic E-state index is 2.84. The van der Waals surface area contributed by atoms with Gasteiger partial charge < -0.3 is 0 Å². The van der Waals surface area contributed by atoms with E-state index in [-0.39, 0.29) is 0 Å². The number of hydrogen-bond acceptors (Lipinski definition) is 0. The van der Waals surface area contributed by atoms with Gasteiger partial charge in [0.2, 0.25) is 0 Å². The van der Waals surface area contributed by atoms with Crippen molar-refractivity contribution in [3.63, 3.8) is 0 Å². The van der Waals surface area contributed by atoms with Crippen molar-refractivity contribution in [1.82, 2.24) is 0 Å². The molecule has 5 unspecified atom stereocenters. The van der Waals surface area contributed by atoms with E-state index in [0.29, 0.717) is 0 Å². The Morgan fingerprint density at radius 1 is 0.560 bits per heavy atom. The van der Waals surface area contributed by atoms with Crippen LogP contribution >= 0.6 is 0 Å². The highest BCUT2D eigenvalue weighted by atomic mass is 28.3. The minimum atomic E-state index is -1.21. The van der Waals surface area contributed by atoms with Crippen LogP contribution in [0.5, 0.6) is 0 Å². The predicted molar refractivity (Wildman–Crippen MR) is 119 cm³/mol. The third-order valence-electron chi connectivity index (χ3n) is 9.74. The summed E-state index contributed by atoms with van der Waals surface area (Å²) in [7, 11) is -2.41. The van der Waals surface area contributed by atoms with E-state index in [2.05, 4.69) is 67.7 Å². The first-order valence-corrected chi connectivity index (χ1v) is 17.7. The average Bonchev–Trinajstić information content (AvgIpc) is 3.09. The van der Waals surface area contributed by atoms with Gasteiger partial charge in [-0.1, -0.05) is 67.7 Å². The zero-order valence-corrected chi connectivity index (χ0v) is 20.9. The molecule has 0 aromatic heterocycles. The largest absolute Gasteiger partial charge is 0.0689 e. The van der Waals surface area contributed by atoms with Crippen LogP contribution in [0.3, 0.4) is 0 Å². The van der Waals surface area contributed by atoms with Gasteiger partial charge in [-0.2, -0.15) is 0 Å². The first kappa shape index (κ1) is 20.2. The monoisotopic (exact) mass is 378 g/mol. The van der Waals surface area contributed by atoms with Gasteiger partial charge in [-0.3, -0.25) is 0 Å². The summed E-state index contributed by atoms with van der Waals surface area (Å²) in [5, 5.41) is 0. The van der Waals surface area contributed by atoms with Gasteiger partial charge in [-0.25, -0.2) is 0 Å². The summed E-state index contributed by atoms with van der Waals surface area (Å²) in [6.45, 7) is 26.5. The van der Waals surface area contributed by atoms with E-state index in [0.717, 1.165) is 57.7 Å². The summed E-state index contributed by atoms with van der Waals surface area (Å²) in [6.07, 6.45) is 4.75. The van der Waals surface area contributed by atoms with Gasteiger partial charge in [0, 0.05) is 0 Å². The summed E-state index contributed by atoms with van der Waals surface area (Å²) < 4.78 is 0. The fraction of sp³-hybridized carbons (Fsp3) is 1.00. The number of hydrogen-bond donors (Lipinski definition) is 0. The molecule has 0 bridgehead atoms. The molecule has 0 aromatic rings. The minimum Gasteiger partial charge on any atom is -0.0689 e. The molecule has 3 rings (SSSR count). The van der Waals surface area contributed by atoms with Gasteiger partial charge in [0.05, 0.1) is 16.1 Å². The molecule has 0 N–H and O–H groups in total. The highest BCUT2D eigenvalue weighted by Gasteiger charge is 2.67. The third kappa shape index (κ3) is 2.96. The highest BCUT2D eigenvalue weighted by Crippen LogP contribution is 2.74. The first-order valence-electron chi connectivity index (χ1n) is 11.4. The Morgan fingerprint density at radius 2 is 0.920 bits per heavy atom. The van der Waals surface area contributed by atoms with Crippen molar-refractivity contribution in [3.05, 3.63) is 0 Å². The fourth-order valence-electron chi connectivity index (χ4n) is 8.30. The molecule has 1 heterocycles. The molecule has 2 heteroatoms. The maximum Gasteiger partial charge on any atom is 0.0538 e. The summed E-state index contributed by atoms with van der Waals surface area (Å²) in [4.78, 5) is 0. The standard InChI is InChI=1S/C23H46Si2/c1-14(2)17-11-20-21(12-17)25(9,10)23-19(16(5)6)13-18(15(3)4)22(23)24(20,7)8/h14-23H,11-13H2,1-10H3/t17?,18-,19?,20?,21?,22+,23?/m0/s1. The summed E-state index contributed by atoms with van der Waals surface area (Å²) >= 11 is 0. The van der Waals surface area contributed by atoms with Crippen molar-refractivity contribution in [3.8, 4) is 0 Å². The lowest BCUT2D eigenvalue weighted by Gasteiger charge is -2.58. The van der Waals surface area contributed by atoms with Crippen LogP contribution in [0.25, 0.3) is 0 Å². The highest BCUT2D eigenvalue weighted by molar-refractivity contribution is 6.91. The van der Waals surface area contributed by atoms with Crippen molar-refractivity contribution in [1.29, 1.82) is 0 Å². The molecular formula is C23H46Si2. The summed E-state index contributed by atoms with van der Waals surface area (Å²) in [6, 6.07) is 0. The van der Waals surface area contributed by atoms with Gasteiger partial charge in [0.15, 0.2) is 0 Å². The molecule has 0 amide bonds. The van der Waals surface area contributed by atoms with Crippen molar-refractivity contribution in [2.75, 3.05) is 0 Å². The van der Waals surface area contributed by atoms with E-state index in [1.807, 2.05) is 0 Å². The molecule has 7 atom stereocenters. The number of fused-ring (bicyclic) bond motifs is 2. The van der Waals surface area contributed by atoms with E-state index >= 15 is 0 Å². The van der Waals surface area contributed by atoms with E-state index in [1.165, 1.54) is 0 Å². The molecule has 3 aliphatic rings. The second kappa shape index (κ2) is 6.50. The summed E-state index contributed by atoms with van der Waals surface area (Å²) in [5.74, 6) is 5.79. The van der Waals surface area contributed by atoms with Crippen molar-refractivity contribution in [2.24, 2.45) is 35.5 Å². The van der Waals surface area contributed by atoms with E-state index < -0.39 is 16.1 Å². The van der Waals surface area contributed by atoms with Gasteiger partial charge in [-0.05, 0) is 76.9 Å². The SMILES string of the molecule is CC(C)C1CC2C(C1)[Si](C)(C)[C@H]1C(C(C(C)C)C[C@H]1C(C)C)[Si]2(C)C. The Hall–Kier alpha value is 0.434. The Bertz CT molecular complexity index is 450. The molecule has 146 valence electrons. The van der Waals surface area contributed by atoms with Crippen LogP contribution in [-0.4, -0.2) is 16.1 Å². The Labute approximate surface area is 161 Å². The molecule has 0 spiro atoms. The Kier molecular flexibility index (Phi) is 5.25. The lowest BCUT2D eigenvalue weighted by Crippen LogP contribution is -2.57. The molecule has 25 heavy (non-hydrogen) atoms. The lowest BCUT2D eigenvalue weighted by molar-refractivity contribution is 0.337. The quantitative estimate of drug-likeness (QED) is 0.437. The first-order chi connectivity index (χ1) is 11.4. The minimum absolute atomic E-state index is 0.895. The van der Waals surface area contributed by atoms with Gasteiger partial charge in [0.25, 0.3) is 0 Å². The maximum atomic E-state index is 2.84. The van der Waals surface area contributed by atoms with Crippen LogP contribution in [0.2, 0.25) is 48.4 Å². The Morgan fingerprint density at radius 3 is 1.20 bits per heavy atom. The third-order valence-corrected chi connectivity index (χ3v) is 20.5. The normalized spacial score (nSPS) is 45.2. The Balaban J connectivity index is 2.06. The van der Waals surface area contributed by atoms with E-state index in [4.69, 9.17) is 0 Å². The molecule has 1 aliphatic heterocycles. The van der Waals surface area contributed by atoms with Crippen molar-refractivity contribution >= 4 is 16.1 Å². The molecule has 2 aliphatic carbocycles.